The summed E-state index contributed by atoms with van der Waals surface area (Å²) in [5, 5.41) is 5.76. The van der Waals surface area contributed by atoms with Gasteiger partial charge in [0.15, 0.2) is 0 Å². The Morgan fingerprint density at radius 3 is 2.44 bits per heavy atom. The molecule has 1 saturated heterocycles. The van der Waals surface area contributed by atoms with Crippen LogP contribution in [0.25, 0.3) is 0 Å². The van der Waals surface area contributed by atoms with Crippen LogP contribution in [0.3, 0.4) is 0 Å². The Morgan fingerprint density at radius 2 is 1.78 bits per heavy atom. The molecule has 0 radical (unpaired) electrons. The van der Waals surface area contributed by atoms with Crippen molar-refractivity contribution in [1.29, 1.82) is 0 Å². The first-order valence-corrected chi connectivity index (χ1v) is 9.19. The third kappa shape index (κ3) is 5.00. The number of amides is 3. The maximum Gasteiger partial charge on any atom is 0.319 e. The number of hydrogen-bond acceptors (Lipinski definition) is 3. The molecule has 1 aliphatic heterocycles. The molecular weight excluding hydrogens is 340 g/mol. The molecule has 0 aromatic heterocycles. The van der Waals surface area contributed by atoms with Crippen molar-refractivity contribution < 1.29 is 9.59 Å². The highest BCUT2D eigenvalue weighted by Crippen LogP contribution is 2.23. The molecule has 6 heteroatoms. The fourth-order valence-corrected chi connectivity index (χ4v) is 3.24. The Labute approximate surface area is 160 Å². The zero-order valence-electron chi connectivity index (χ0n) is 15.8. The monoisotopic (exact) mass is 366 g/mol. The average Bonchev–Trinajstić information content (AvgIpc) is 3.16. The van der Waals surface area contributed by atoms with Crippen LogP contribution in [0.15, 0.2) is 54.6 Å². The van der Waals surface area contributed by atoms with Gasteiger partial charge in [-0.1, -0.05) is 18.2 Å². The van der Waals surface area contributed by atoms with Crippen LogP contribution in [0.4, 0.5) is 16.2 Å². The number of carbonyl (C=O) groups excluding carboxylic acids is 2. The number of rotatable bonds is 5. The smallest absolute Gasteiger partial charge is 0.319 e. The van der Waals surface area contributed by atoms with E-state index in [1.165, 1.54) is 10.6 Å². The summed E-state index contributed by atoms with van der Waals surface area (Å²) < 4.78 is 0. The summed E-state index contributed by atoms with van der Waals surface area (Å²) in [7, 11) is 3.42. The summed E-state index contributed by atoms with van der Waals surface area (Å²) >= 11 is 0. The molecule has 27 heavy (non-hydrogen) atoms. The lowest BCUT2D eigenvalue weighted by atomic mass is 10.1. The third-order valence-corrected chi connectivity index (χ3v) is 4.75. The summed E-state index contributed by atoms with van der Waals surface area (Å²) in [6, 6.07) is 17.0. The van der Waals surface area contributed by atoms with Gasteiger partial charge in [0.05, 0.1) is 0 Å². The second kappa shape index (κ2) is 8.58. The van der Waals surface area contributed by atoms with E-state index in [0.717, 1.165) is 19.5 Å². The van der Waals surface area contributed by atoms with Crippen LogP contribution in [0.1, 0.15) is 16.8 Å². The lowest BCUT2D eigenvalue weighted by molar-refractivity contribution is 0.0827. The summed E-state index contributed by atoms with van der Waals surface area (Å²) in [6.45, 7) is 2.61. The van der Waals surface area contributed by atoms with E-state index < -0.39 is 0 Å². The average molecular weight is 366 g/mol. The number of anilines is 2. The van der Waals surface area contributed by atoms with Crippen LogP contribution >= 0.6 is 0 Å². The topological polar surface area (TPSA) is 64.7 Å². The molecule has 0 aliphatic carbocycles. The van der Waals surface area contributed by atoms with E-state index in [0.29, 0.717) is 23.7 Å². The predicted octanol–water partition coefficient (Wildman–Crippen LogP) is 3.04. The quantitative estimate of drug-likeness (QED) is 0.855. The third-order valence-electron chi connectivity index (χ3n) is 4.75. The fourth-order valence-electron chi connectivity index (χ4n) is 3.24. The van der Waals surface area contributed by atoms with Gasteiger partial charge in [-0.05, 0) is 48.7 Å². The largest absolute Gasteiger partial charge is 0.371 e. The number of nitrogens with one attached hydrogen (secondary N) is 2. The molecule has 1 heterocycles. The molecule has 1 aliphatic rings. The van der Waals surface area contributed by atoms with Crippen molar-refractivity contribution in [3.63, 3.8) is 0 Å². The SMILES string of the molecule is CN(C)C(=O)c1ccc(NC(=O)NCC2CCN(c3ccccc3)C2)cc1. The van der Waals surface area contributed by atoms with Gasteiger partial charge < -0.3 is 20.4 Å². The normalized spacial score (nSPS) is 16.1. The zero-order chi connectivity index (χ0) is 19.2. The predicted molar refractivity (Wildman–Crippen MR) is 108 cm³/mol. The van der Waals surface area contributed by atoms with Crippen LogP contribution in [-0.2, 0) is 0 Å². The minimum Gasteiger partial charge on any atom is -0.371 e. The number of urea groups is 1. The van der Waals surface area contributed by atoms with Crippen LogP contribution in [-0.4, -0.2) is 50.6 Å². The minimum absolute atomic E-state index is 0.0600. The number of benzene rings is 2. The van der Waals surface area contributed by atoms with Crippen molar-refractivity contribution >= 4 is 23.3 Å². The van der Waals surface area contributed by atoms with Gasteiger partial charge in [0.25, 0.3) is 5.91 Å². The first-order chi connectivity index (χ1) is 13.0. The van der Waals surface area contributed by atoms with E-state index in [-0.39, 0.29) is 11.9 Å². The van der Waals surface area contributed by atoms with Crippen LogP contribution < -0.4 is 15.5 Å². The van der Waals surface area contributed by atoms with E-state index in [1.54, 1.807) is 38.4 Å². The van der Waals surface area contributed by atoms with E-state index in [4.69, 9.17) is 0 Å². The molecule has 2 aromatic rings. The summed E-state index contributed by atoms with van der Waals surface area (Å²) in [4.78, 5) is 27.9. The Hall–Kier alpha value is -3.02. The fraction of sp³-hybridized carbons (Fsp3) is 0.333. The molecule has 6 nitrogen and oxygen atoms in total. The van der Waals surface area contributed by atoms with E-state index in [9.17, 15) is 9.59 Å². The van der Waals surface area contributed by atoms with Gasteiger partial charge in [0, 0.05) is 50.7 Å². The van der Waals surface area contributed by atoms with Gasteiger partial charge in [-0.2, -0.15) is 0 Å². The van der Waals surface area contributed by atoms with Crippen LogP contribution in [0.2, 0.25) is 0 Å². The number of hydrogen-bond donors (Lipinski definition) is 2. The van der Waals surface area contributed by atoms with Gasteiger partial charge in [-0.3, -0.25) is 4.79 Å². The van der Waals surface area contributed by atoms with Crippen molar-refractivity contribution in [2.45, 2.75) is 6.42 Å². The van der Waals surface area contributed by atoms with Crippen molar-refractivity contribution in [3.05, 3.63) is 60.2 Å². The lowest BCUT2D eigenvalue weighted by Gasteiger charge is -2.18. The number of carbonyl (C=O) groups is 2. The van der Waals surface area contributed by atoms with E-state index >= 15 is 0 Å². The molecule has 1 unspecified atom stereocenters. The maximum absolute atomic E-state index is 12.1. The van der Waals surface area contributed by atoms with Crippen molar-refractivity contribution in [1.82, 2.24) is 10.2 Å². The first kappa shape index (κ1) is 18.8. The highest BCUT2D eigenvalue weighted by molar-refractivity contribution is 5.95. The Kier molecular flexibility index (Phi) is 5.96. The maximum atomic E-state index is 12.1. The van der Waals surface area contributed by atoms with Crippen molar-refractivity contribution in [3.8, 4) is 0 Å². The van der Waals surface area contributed by atoms with Crippen molar-refractivity contribution in [2.24, 2.45) is 5.92 Å². The van der Waals surface area contributed by atoms with Gasteiger partial charge >= 0.3 is 6.03 Å². The van der Waals surface area contributed by atoms with Gasteiger partial charge in [-0.25, -0.2) is 4.79 Å². The molecule has 0 spiro atoms. The molecule has 1 fully saturated rings. The zero-order valence-corrected chi connectivity index (χ0v) is 15.8. The highest BCUT2D eigenvalue weighted by atomic mass is 16.2. The van der Waals surface area contributed by atoms with Crippen LogP contribution in [0, 0.1) is 5.92 Å². The molecule has 3 amide bonds. The number of para-hydroxylation sites is 1. The van der Waals surface area contributed by atoms with E-state index in [2.05, 4.69) is 27.7 Å². The molecule has 3 rings (SSSR count). The number of nitrogens with zero attached hydrogens (tertiary/aromatic N) is 2. The summed E-state index contributed by atoms with van der Waals surface area (Å²) in [5.41, 5.74) is 2.50. The molecule has 0 saturated carbocycles. The van der Waals surface area contributed by atoms with Crippen molar-refractivity contribution in [2.75, 3.05) is 43.9 Å². The van der Waals surface area contributed by atoms with Gasteiger partial charge in [0.1, 0.15) is 0 Å². The molecule has 2 N–H and O–H groups in total. The minimum atomic E-state index is -0.222. The standard InChI is InChI=1S/C21H26N4O2/c1-24(2)20(26)17-8-10-18(11-9-17)23-21(27)22-14-16-12-13-25(15-16)19-6-4-3-5-7-19/h3-11,16H,12-15H2,1-2H3,(H2,22,23,27). The van der Waals surface area contributed by atoms with E-state index in [1.807, 2.05) is 18.2 Å². The molecule has 1 atom stereocenters. The van der Waals surface area contributed by atoms with Gasteiger partial charge in [-0.15, -0.1) is 0 Å². The van der Waals surface area contributed by atoms with Gasteiger partial charge in [0.2, 0.25) is 0 Å². The lowest BCUT2D eigenvalue weighted by Crippen LogP contribution is -2.34. The Bertz CT molecular complexity index is 775. The molecule has 142 valence electrons. The summed E-state index contributed by atoms with van der Waals surface area (Å²) in [5.74, 6) is 0.381. The molecule has 0 bridgehead atoms. The Balaban J connectivity index is 1.44. The second-order valence-electron chi connectivity index (χ2n) is 7.05. The Morgan fingerprint density at radius 1 is 1.07 bits per heavy atom. The molecular formula is C21H26N4O2. The summed E-state index contributed by atoms with van der Waals surface area (Å²) in [6.07, 6.45) is 1.07. The first-order valence-electron chi connectivity index (χ1n) is 9.19. The molecule has 2 aromatic carbocycles. The second-order valence-corrected chi connectivity index (χ2v) is 7.05. The highest BCUT2D eigenvalue weighted by Gasteiger charge is 2.22. The van der Waals surface area contributed by atoms with Crippen LogP contribution in [0.5, 0.6) is 0 Å².